The third kappa shape index (κ3) is 3.14. The van der Waals surface area contributed by atoms with Crippen molar-refractivity contribution in [3.63, 3.8) is 0 Å². The van der Waals surface area contributed by atoms with Crippen LogP contribution >= 0.6 is 11.6 Å². The van der Waals surface area contributed by atoms with Crippen molar-refractivity contribution in [3.05, 3.63) is 23.2 Å². The van der Waals surface area contributed by atoms with E-state index in [9.17, 15) is 4.79 Å². The molecule has 2 aliphatic heterocycles. The fourth-order valence-corrected chi connectivity index (χ4v) is 4.61. The summed E-state index contributed by atoms with van der Waals surface area (Å²) >= 11 is 6.20. The summed E-state index contributed by atoms with van der Waals surface area (Å²) in [6.45, 7) is 4.20. The molecule has 2 saturated heterocycles. The Balaban J connectivity index is 1.49. The number of carbonyl (C=O) groups excluding carboxylic acids is 1. The fourth-order valence-electron chi connectivity index (χ4n) is 4.43. The molecule has 1 aliphatic carbocycles. The summed E-state index contributed by atoms with van der Waals surface area (Å²) in [5.41, 5.74) is 2.26. The van der Waals surface area contributed by atoms with Crippen LogP contribution in [-0.4, -0.2) is 32.1 Å². The molecule has 1 aromatic carbocycles. The van der Waals surface area contributed by atoms with Crippen LogP contribution in [0.15, 0.2) is 18.2 Å². The highest BCUT2D eigenvalue weighted by molar-refractivity contribution is 6.31. The van der Waals surface area contributed by atoms with Gasteiger partial charge in [0, 0.05) is 24.0 Å². The summed E-state index contributed by atoms with van der Waals surface area (Å²) in [4.78, 5) is 15.2. The van der Waals surface area contributed by atoms with Gasteiger partial charge in [0.1, 0.15) is 0 Å². The van der Waals surface area contributed by atoms with Crippen LogP contribution in [0.3, 0.4) is 0 Å². The molecule has 4 rings (SSSR count). The molecule has 3 aliphatic rings. The summed E-state index contributed by atoms with van der Waals surface area (Å²) in [7, 11) is 0. The molecule has 130 valence electrons. The molecule has 0 bridgehead atoms. The van der Waals surface area contributed by atoms with Gasteiger partial charge in [-0.1, -0.05) is 11.6 Å². The van der Waals surface area contributed by atoms with E-state index in [0.29, 0.717) is 5.02 Å². The van der Waals surface area contributed by atoms with Crippen LogP contribution in [0.4, 0.5) is 11.4 Å². The third-order valence-corrected chi connectivity index (χ3v) is 6.25. The smallest absolute Gasteiger partial charge is 0.228 e. The minimum atomic E-state index is 0.174. The first-order valence-electron chi connectivity index (χ1n) is 9.24. The van der Waals surface area contributed by atoms with Crippen molar-refractivity contribution in [3.8, 4) is 0 Å². The van der Waals surface area contributed by atoms with E-state index >= 15 is 0 Å². The van der Waals surface area contributed by atoms with Gasteiger partial charge in [-0.05, 0) is 75.2 Å². The Morgan fingerprint density at radius 3 is 2.71 bits per heavy atom. The number of piperidine rings is 2. The average molecular weight is 348 g/mol. The number of amides is 1. The zero-order valence-electron chi connectivity index (χ0n) is 14.1. The van der Waals surface area contributed by atoms with Crippen molar-refractivity contribution in [2.75, 3.05) is 36.4 Å². The Labute approximate surface area is 148 Å². The molecular formula is C19H26ClN3O. The van der Waals surface area contributed by atoms with E-state index in [2.05, 4.69) is 21.6 Å². The van der Waals surface area contributed by atoms with E-state index < -0.39 is 0 Å². The van der Waals surface area contributed by atoms with Gasteiger partial charge in [-0.25, -0.2) is 0 Å². The van der Waals surface area contributed by atoms with Crippen LogP contribution in [0, 0.1) is 11.3 Å². The molecule has 2 heterocycles. The summed E-state index contributed by atoms with van der Waals surface area (Å²) in [5, 5.41) is 7.27. The molecular weight excluding hydrogens is 322 g/mol. The molecule has 4 nitrogen and oxygen atoms in total. The lowest BCUT2D eigenvalue weighted by Crippen LogP contribution is -2.32. The van der Waals surface area contributed by atoms with Gasteiger partial charge in [0.2, 0.25) is 5.91 Å². The van der Waals surface area contributed by atoms with Crippen molar-refractivity contribution < 1.29 is 4.79 Å². The molecule has 2 N–H and O–H groups in total. The topological polar surface area (TPSA) is 44.4 Å². The van der Waals surface area contributed by atoms with Crippen LogP contribution in [0.5, 0.6) is 0 Å². The largest absolute Gasteiger partial charge is 0.370 e. The molecule has 24 heavy (non-hydrogen) atoms. The van der Waals surface area contributed by atoms with E-state index in [1.165, 1.54) is 19.3 Å². The number of nitrogens with zero attached hydrogens (tertiary/aromatic N) is 1. The monoisotopic (exact) mass is 347 g/mol. The molecule has 0 aromatic heterocycles. The lowest BCUT2D eigenvalue weighted by molar-refractivity contribution is -0.118. The molecule has 5 heteroatoms. The summed E-state index contributed by atoms with van der Waals surface area (Å²) in [5.74, 6) is 0.352. The van der Waals surface area contributed by atoms with E-state index in [1.54, 1.807) is 0 Å². The minimum absolute atomic E-state index is 0.174. The fraction of sp³-hybridized carbons (Fsp3) is 0.632. The van der Waals surface area contributed by atoms with Crippen LogP contribution in [0.1, 0.15) is 38.5 Å². The van der Waals surface area contributed by atoms with Crippen molar-refractivity contribution in [1.29, 1.82) is 0 Å². The highest BCUT2D eigenvalue weighted by atomic mass is 35.5. The predicted octanol–water partition coefficient (Wildman–Crippen LogP) is 3.66. The Morgan fingerprint density at radius 2 is 1.96 bits per heavy atom. The van der Waals surface area contributed by atoms with Crippen molar-refractivity contribution >= 4 is 28.9 Å². The number of benzene rings is 1. The first-order valence-corrected chi connectivity index (χ1v) is 9.62. The molecule has 0 radical (unpaired) electrons. The van der Waals surface area contributed by atoms with Gasteiger partial charge in [0.15, 0.2) is 0 Å². The average Bonchev–Trinajstić information content (AvgIpc) is 3.29. The summed E-state index contributed by atoms with van der Waals surface area (Å²) in [6.07, 6.45) is 7.02. The highest BCUT2D eigenvalue weighted by Gasteiger charge is 2.57. The number of anilines is 2. The zero-order valence-corrected chi connectivity index (χ0v) is 14.9. The molecule has 1 unspecified atom stereocenters. The first kappa shape index (κ1) is 16.2. The van der Waals surface area contributed by atoms with Crippen molar-refractivity contribution in [1.82, 2.24) is 5.32 Å². The summed E-state index contributed by atoms with van der Waals surface area (Å²) < 4.78 is 0. The van der Waals surface area contributed by atoms with Crippen LogP contribution in [0.2, 0.25) is 5.02 Å². The minimum Gasteiger partial charge on any atom is -0.370 e. The van der Waals surface area contributed by atoms with Gasteiger partial charge in [-0.15, -0.1) is 0 Å². The standard InChI is InChI=1S/C19H26ClN3O/c20-14-4-5-17(23-10-2-1-3-11-23)16(12-14)22-18(24)15-13-19(15)6-8-21-9-7-19/h4-5,12,15,21H,1-3,6-11,13H2,(H,22,24). The van der Waals surface area contributed by atoms with Crippen LogP contribution in [0.25, 0.3) is 0 Å². The Kier molecular flexibility index (Phi) is 4.44. The van der Waals surface area contributed by atoms with Crippen molar-refractivity contribution in [2.45, 2.75) is 38.5 Å². The Morgan fingerprint density at radius 1 is 1.21 bits per heavy atom. The first-order chi connectivity index (χ1) is 11.7. The molecule has 1 atom stereocenters. The number of carbonyl (C=O) groups is 1. The lowest BCUT2D eigenvalue weighted by atomic mass is 9.92. The zero-order chi connectivity index (χ0) is 16.6. The second-order valence-electron chi connectivity index (χ2n) is 7.57. The number of hydrogen-bond donors (Lipinski definition) is 2. The van der Waals surface area contributed by atoms with Gasteiger partial charge in [0.05, 0.1) is 11.4 Å². The number of halogens is 1. The number of hydrogen-bond acceptors (Lipinski definition) is 3. The van der Waals surface area contributed by atoms with Crippen LogP contribution in [-0.2, 0) is 4.79 Å². The van der Waals surface area contributed by atoms with E-state index in [1.807, 2.05) is 12.1 Å². The summed E-state index contributed by atoms with van der Waals surface area (Å²) in [6, 6.07) is 5.88. The molecule has 1 spiro atoms. The van der Waals surface area contributed by atoms with Gasteiger partial charge in [0.25, 0.3) is 0 Å². The molecule has 1 aromatic rings. The van der Waals surface area contributed by atoms with E-state index in [-0.39, 0.29) is 17.2 Å². The second kappa shape index (κ2) is 6.57. The molecule has 3 fully saturated rings. The highest BCUT2D eigenvalue weighted by Crippen LogP contribution is 2.59. The van der Waals surface area contributed by atoms with Crippen molar-refractivity contribution in [2.24, 2.45) is 11.3 Å². The molecule has 1 saturated carbocycles. The SMILES string of the molecule is O=C(Nc1cc(Cl)ccc1N1CCCCC1)C1CC12CCNCC2. The Hall–Kier alpha value is -1.26. The number of nitrogens with one attached hydrogen (secondary N) is 2. The van der Waals surface area contributed by atoms with E-state index in [0.717, 1.165) is 56.8 Å². The van der Waals surface area contributed by atoms with E-state index in [4.69, 9.17) is 11.6 Å². The molecule has 1 amide bonds. The van der Waals surface area contributed by atoms with Gasteiger partial charge in [-0.3, -0.25) is 4.79 Å². The third-order valence-electron chi connectivity index (χ3n) is 6.02. The lowest BCUT2D eigenvalue weighted by Gasteiger charge is -2.31. The Bertz CT molecular complexity index is 621. The van der Waals surface area contributed by atoms with Gasteiger partial charge < -0.3 is 15.5 Å². The normalized spacial score (nSPS) is 25.5. The maximum absolute atomic E-state index is 12.8. The maximum Gasteiger partial charge on any atom is 0.228 e. The maximum atomic E-state index is 12.8. The van der Waals surface area contributed by atoms with Gasteiger partial charge in [-0.2, -0.15) is 0 Å². The second-order valence-corrected chi connectivity index (χ2v) is 8.00. The van der Waals surface area contributed by atoms with Gasteiger partial charge >= 0.3 is 0 Å². The van der Waals surface area contributed by atoms with Crippen LogP contribution < -0.4 is 15.5 Å². The quantitative estimate of drug-likeness (QED) is 0.877. The predicted molar refractivity (Wildman–Crippen MR) is 98.8 cm³/mol. The number of rotatable bonds is 3.